The van der Waals surface area contributed by atoms with Crippen molar-refractivity contribution in [1.82, 2.24) is 0 Å². The van der Waals surface area contributed by atoms with E-state index in [0.717, 1.165) is 6.42 Å². The lowest BCUT2D eigenvalue weighted by Gasteiger charge is -2.09. The van der Waals surface area contributed by atoms with E-state index in [1.807, 2.05) is 6.92 Å². The molecule has 0 atom stereocenters. The van der Waals surface area contributed by atoms with Crippen molar-refractivity contribution in [2.24, 2.45) is 0 Å². The van der Waals surface area contributed by atoms with Crippen LogP contribution in [0.5, 0.6) is 0 Å². The molecule has 0 aliphatic heterocycles. The molecule has 0 saturated heterocycles. The summed E-state index contributed by atoms with van der Waals surface area (Å²) in [5, 5.41) is 0. The number of rotatable bonds is 3. The maximum Gasteiger partial charge on any atom is 0.162 e. The molecule has 0 aromatic heterocycles. The number of halogens is 2. The van der Waals surface area contributed by atoms with Crippen molar-refractivity contribution >= 4 is 0 Å². The Morgan fingerprint density at radius 2 is 1.37 bits per heavy atom. The molecule has 0 unspecified atom stereocenters. The third-order valence-electron chi connectivity index (χ3n) is 3.52. The largest absolute Gasteiger partial charge is 0.203 e. The van der Waals surface area contributed by atoms with Crippen molar-refractivity contribution in [3.05, 3.63) is 69.8 Å². The van der Waals surface area contributed by atoms with Crippen LogP contribution < -0.4 is 0 Å². The van der Waals surface area contributed by atoms with E-state index in [1.54, 1.807) is 19.1 Å². The molecule has 100 valence electrons. The highest BCUT2D eigenvalue weighted by Crippen LogP contribution is 2.19. The fraction of sp³-hybridized carbons (Fsp3) is 0.294. The first-order chi connectivity index (χ1) is 8.99. The maximum absolute atomic E-state index is 13.8. The predicted molar refractivity (Wildman–Crippen MR) is 74.4 cm³/mol. The second kappa shape index (κ2) is 5.52. The summed E-state index contributed by atoms with van der Waals surface area (Å²) in [7, 11) is 0. The molecule has 0 spiro atoms. The van der Waals surface area contributed by atoms with Gasteiger partial charge in [-0.2, -0.15) is 0 Å². The Hall–Kier alpha value is -1.70. The Labute approximate surface area is 113 Å². The summed E-state index contributed by atoms with van der Waals surface area (Å²) in [6, 6.07) is 9.54. The third-order valence-corrected chi connectivity index (χ3v) is 3.52. The number of hydrogen-bond donors (Lipinski definition) is 0. The van der Waals surface area contributed by atoms with Gasteiger partial charge in [-0.25, -0.2) is 8.78 Å². The molecule has 0 heterocycles. The summed E-state index contributed by atoms with van der Waals surface area (Å²) in [5.74, 6) is -1.43. The summed E-state index contributed by atoms with van der Waals surface area (Å²) < 4.78 is 27.2. The molecule has 0 fully saturated rings. The predicted octanol–water partition coefficient (Wildman–Crippen LogP) is 4.68. The standard InChI is InChI=1S/C17H18F2/c1-11-4-6-14(13(3)10-11)8-9-15-7-5-12(2)16(18)17(15)19/h4-7,10H,8-9H2,1-3H3. The van der Waals surface area contributed by atoms with Gasteiger partial charge in [0, 0.05) is 0 Å². The molecule has 0 nitrogen and oxygen atoms in total. The highest BCUT2D eigenvalue weighted by Gasteiger charge is 2.11. The van der Waals surface area contributed by atoms with E-state index >= 15 is 0 Å². The van der Waals surface area contributed by atoms with E-state index < -0.39 is 11.6 Å². The van der Waals surface area contributed by atoms with Gasteiger partial charge in [0.2, 0.25) is 0 Å². The van der Waals surface area contributed by atoms with Crippen LogP contribution in [0.1, 0.15) is 27.8 Å². The van der Waals surface area contributed by atoms with Crippen LogP contribution in [0, 0.1) is 32.4 Å². The SMILES string of the molecule is Cc1ccc(CCc2ccc(C)c(F)c2F)c(C)c1. The lowest BCUT2D eigenvalue weighted by atomic mass is 9.98. The van der Waals surface area contributed by atoms with Gasteiger partial charge in [-0.3, -0.25) is 0 Å². The van der Waals surface area contributed by atoms with Crippen LogP contribution in [0.2, 0.25) is 0 Å². The van der Waals surface area contributed by atoms with Gasteiger partial charge in [-0.15, -0.1) is 0 Å². The Bertz CT molecular complexity index is 600. The monoisotopic (exact) mass is 260 g/mol. The lowest BCUT2D eigenvalue weighted by Crippen LogP contribution is -2.00. The second-order valence-corrected chi connectivity index (χ2v) is 5.10. The van der Waals surface area contributed by atoms with Gasteiger partial charge >= 0.3 is 0 Å². The van der Waals surface area contributed by atoms with Crippen molar-refractivity contribution in [2.45, 2.75) is 33.6 Å². The Morgan fingerprint density at radius 3 is 2.05 bits per heavy atom. The van der Waals surface area contributed by atoms with Gasteiger partial charge in [-0.1, -0.05) is 35.9 Å². The van der Waals surface area contributed by atoms with Crippen LogP contribution in [0.15, 0.2) is 30.3 Å². The zero-order chi connectivity index (χ0) is 14.0. The van der Waals surface area contributed by atoms with Crippen LogP contribution in [0.4, 0.5) is 8.78 Å². The average molecular weight is 260 g/mol. The average Bonchev–Trinajstić information content (AvgIpc) is 2.37. The molecule has 0 bridgehead atoms. The van der Waals surface area contributed by atoms with Gasteiger partial charge < -0.3 is 0 Å². The minimum absolute atomic E-state index is 0.354. The minimum Gasteiger partial charge on any atom is -0.203 e. The van der Waals surface area contributed by atoms with Crippen molar-refractivity contribution in [3.63, 3.8) is 0 Å². The summed E-state index contributed by atoms with van der Waals surface area (Å²) in [6.45, 7) is 5.67. The molecule has 0 radical (unpaired) electrons. The van der Waals surface area contributed by atoms with Crippen molar-refractivity contribution in [3.8, 4) is 0 Å². The zero-order valence-electron chi connectivity index (χ0n) is 11.6. The third kappa shape index (κ3) is 3.01. The van der Waals surface area contributed by atoms with Gasteiger partial charge in [0.05, 0.1) is 0 Å². The molecule has 19 heavy (non-hydrogen) atoms. The molecule has 0 N–H and O–H groups in total. The summed E-state index contributed by atoms with van der Waals surface area (Å²) in [6.07, 6.45) is 1.25. The molecule has 0 amide bonds. The summed E-state index contributed by atoms with van der Waals surface area (Å²) in [4.78, 5) is 0. The van der Waals surface area contributed by atoms with Crippen LogP contribution in [0.25, 0.3) is 0 Å². The smallest absolute Gasteiger partial charge is 0.162 e. The molecule has 2 aromatic rings. The fourth-order valence-electron chi connectivity index (χ4n) is 2.27. The number of aryl methyl sites for hydroxylation is 5. The molecule has 2 aromatic carbocycles. The van der Waals surface area contributed by atoms with Crippen LogP contribution in [-0.4, -0.2) is 0 Å². The Kier molecular flexibility index (Phi) is 3.98. The first kappa shape index (κ1) is 13.7. The lowest BCUT2D eigenvalue weighted by molar-refractivity contribution is 0.493. The van der Waals surface area contributed by atoms with E-state index in [4.69, 9.17) is 0 Å². The fourth-order valence-corrected chi connectivity index (χ4v) is 2.27. The number of hydrogen-bond acceptors (Lipinski definition) is 0. The Morgan fingerprint density at radius 1 is 0.737 bits per heavy atom. The van der Waals surface area contributed by atoms with Crippen LogP contribution in [0.3, 0.4) is 0 Å². The van der Waals surface area contributed by atoms with Gasteiger partial charge in [0.25, 0.3) is 0 Å². The van der Waals surface area contributed by atoms with Gasteiger partial charge in [0.15, 0.2) is 11.6 Å². The summed E-state index contributed by atoms with van der Waals surface area (Å²) in [5.41, 5.74) is 4.41. The molecule has 0 aliphatic rings. The van der Waals surface area contributed by atoms with Gasteiger partial charge in [-0.05, 0) is 55.9 Å². The van der Waals surface area contributed by atoms with E-state index in [-0.39, 0.29) is 0 Å². The molecule has 0 aliphatic carbocycles. The second-order valence-electron chi connectivity index (χ2n) is 5.10. The molecule has 0 saturated carbocycles. The van der Waals surface area contributed by atoms with E-state index in [2.05, 4.69) is 25.1 Å². The Balaban J connectivity index is 2.17. The van der Waals surface area contributed by atoms with E-state index in [1.165, 1.54) is 16.7 Å². The highest BCUT2D eigenvalue weighted by atomic mass is 19.2. The highest BCUT2D eigenvalue weighted by molar-refractivity contribution is 5.32. The quantitative estimate of drug-likeness (QED) is 0.752. The van der Waals surface area contributed by atoms with Crippen molar-refractivity contribution < 1.29 is 8.78 Å². The topological polar surface area (TPSA) is 0 Å². The molecular formula is C17H18F2. The molecular weight excluding hydrogens is 242 g/mol. The van der Waals surface area contributed by atoms with Crippen molar-refractivity contribution in [2.75, 3.05) is 0 Å². The molecule has 2 rings (SSSR count). The van der Waals surface area contributed by atoms with Crippen LogP contribution >= 0.6 is 0 Å². The summed E-state index contributed by atoms with van der Waals surface area (Å²) >= 11 is 0. The normalized spacial score (nSPS) is 10.8. The number of benzene rings is 2. The minimum atomic E-state index is -0.724. The first-order valence-electron chi connectivity index (χ1n) is 6.48. The maximum atomic E-state index is 13.8. The van der Waals surface area contributed by atoms with Crippen LogP contribution in [-0.2, 0) is 12.8 Å². The zero-order valence-corrected chi connectivity index (χ0v) is 11.6. The first-order valence-corrected chi connectivity index (χ1v) is 6.48. The van der Waals surface area contributed by atoms with Gasteiger partial charge in [0.1, 0.15) is 0 Å². The molecule has 2 heteroatoms. The van der Waals surface area contributed by atoms with E-state index in [0.29, 0.717) is 17.5 Å². The van der Waals surface area contributed by atoms with Crippen molar-refractivity contribution in [1.29, 1.82) is 0 Å². The van der Waals surface area contributed by atoms with E-state index in [9.17, 15) is 8.78 Å².